The van der Waals surface area contributed by atoms with Crippen LogP contribution in [0.4, 0.5) is 0 Å². The fourth-order valence-electron chi connectivity index (χ4n) is 2.32. The Morgan fingerprint density at radius 1 is 1.33 bits per heavy atom. The van der Waals surface area contributed by atoms with Crippen LogP contribution < -0.4 is 0 Å². The summed E-state index contributed by atoms with van der Waals surface area (Å²) in [6, 6.07) is 0. The number of halogens is 2. The molecular formula is C13H18ClIN2S. The molecule has 1 fully saturated rings. The van der Waals surface area contributed by atoms with Crippen molar-refractivity contribution in [3.8, 4) is 0 Å². The summed E-state index contributed by atoms with van der Waals surface area (Å²) in [6.45, 7) is 2.19. The molecule has 1 saturated carbocycles. The lowest BCUT2D eigenvalue weighted by Crippen LogP contribution is -2.06. The topological polar surface area (TPSA) is 25.8 Å². The third kappa shape index (κ3) is 3.73. The molecule has 1 aliphatic rings. The zero-order valence-electron chi connectivity index (χ0n) is 10.6. The SMILES string of the molecule is CCCSCc1nc(Cl)c(I)c(C2CCCC2)n1. The molecule has 0 aliphatic heterocycles. The van der Waals surface area contributed by atoms with Crippen LogP contribution in [0.15, 0.2) is 0 Å². The van der Waals surface area contributed by atoms with E-state index in [1.165, 1.54) is 37.8 Å². The van der Waals surface area contributed by atoms with Gasteiger partial charge < -0.3 is 0 Å². The van der Waals surface area contributed by atoms with Crippen molar-refractivity contribution < 1.29 is 0 Å². The van der Waals surface area contributed by atoms with Crippen molar-refractivity contribution in [3.05, 3.63) is 20.2 Å². The minimum atomic E-state index is 0.604. The second kappa shape index (κ2) is 7.29. The summed E-state index contributed by atoms with van der Waals surface area (Å²) >= 11 is 10.4. The normalized spacial score (nSPS) is 16.4. The third-order valence-electron chi connectivity index (χ3n) is 3.20. The molecule has 0 radical (unpaired) electrons. The molecule has 0 bridgehead atoms. The highest BCUT2D eigenvalue weighted by Crippen LogP contribution is 2.37. The second-order valence-corrected chi connectivity index (χ2v) is 7.21. The summed E-state index contributed by atoms with van der Waals surface area (Å²) in [4.78, 5) is 9.17. The molecule has 0 spiro atoms. The molecule has 18 heavy (non-hydrogen) atoms. The number of hydrogen-bond donors (Lipinski definition) is 0. The van der Waals surface area contributed by atoms with Gasteiger partial charge in [0.2, 0.25) is 0 Å². The van der Waals surface area contributed by atoms with Crippen molar-refractivity contribution in [1.29, 1.82) is 0 Å². The minimum Gasteiger partial charge on any atom is -0.236 e. The van der Waals surface area contributed by atoms with Gasteiger partial charge in [0, 0.05) is 5.92 Å². The van der Waals surface area contributed by atoms with Crippen molar-refractivity contribution in [2.45, 2.75) is 50.7 Å². The summed E-state index contributed by atoms with van der Waals surface area (Å²) in [5.74, 6) is 3.55. The molecule has 1 aromatic rings. The predicted molar refractivity (Wildman–Crippen MR) is 87.4 cm³/mol. The van der Waals surface area contributed by atoms with Gasteiger partial charge in [-0.3, -0.25) is 0 Å². The molecule has 0 N–H and O–H groups in total. The van der Waals surface area contributed by atoms with Gasteiger partial charge in [-0.1, -0.05) is 31.4 Å². The quantitative estimate of drug-likeness (QED) is 0.396. The Balaban J connectivity index is 2.16. The maximum Gasteiger partial charge on any atom is 0.146 e. The molecule has 1 aliphatic carbocycles. The molecule has 0 amide bonds. The van der Waals surface area contributed by atoms with Gasteiger partial charge in [0.1, 0.15) is 11.0 Å². The van der Waals surface area contributed by atoms with E-state index in [1.54, 1.807) is 0 Å². The van der Waals surface area contributed by atoms with E-state index < -0.39 is 0 Å². The second-order valence-electron chi connectivity index (χ2n) is 4.66. The third-order valence-corrected chi connectivity index (χ3v) is 6.02. The fraction of sp³-hybridized carbons (Fsp3) is 0.692. The van der Waals surface area contributed by atoms with E-state index in [0.29, 0.717) is 11.1 Å². The van der Waals surface area contributed by atoms with Gasteiger partial charge in [0.15, 0.2) is 0 Å². The Bertz CT molecular complexity index is 408. The van der Waals surface area contributed by atoms with E-state index in [0.717, 1.165) is 20.9 Å². The minimum absolute atomic E-state index is 0.604. The number of hydrogen-bond acceptors (Lipinski definition) is 3. The van der Waals surface area contributed by atoms with Crippen molar-refractivity contribution in [2.24, 2.45) is 0 Å². The summed E-state index contributed by atoms with van der Waals surface area (Å²) in [5, 5.41) is 0.639. The van der Waals surface area contributed by atoms with E-state index >= 15 is 0 Å². The lowest BCUT2D eigenvalue weighted by molar-refractivity contribution is 0.683. The first-order valence-electron chi connectivity index (χ1n) is 6.52. The number of nitrogens with zero attached hydrogens (tertiary/aromatic N) is 2. The molecular weight excluding hydrogens is 379 g/mol. The molecule has 0 unspecified atom stereocenters. The van der Waals surface area contributed by atoms with Gasteiger partial charge in [-0.05, 0) is 47.6 Å². The molecule has 2 nitrogen and oxygen atoms in total. The van der Waals surface area contributed by atoms with Crippen molar-refractivity contribution >= 4 is 46.0 Å². The van der Waals surface area contributed by atoms with Crippen LogP contribution in [-0.2, 0) is 5.75 Å². The van der Waals surface area contributed by atoms with Crippen LogP contribution in [0.3, 0.4) is 0 Å². The van der Waals surface area contributed by atoms with Crippen LogP contribution in [-0.4, -0.2) is 15.7 Å². The molecule has 100 valence electrons. The molecule has 0 saturated heterocycles. The van der Waals surface area contributed by atoms with Gasteiger partial charge >= 0.3 is 0 Å². The Labute approximate surface area is 132 Å². The van der Waals surface area contributed by atoms with Gasteiger partial charge in [-0.15, -0.1) is 0 Å². The van der Waals surface area contributed by atoms with Gasteiger partial charge in [0.25, 0.3) is 0 Å². The van der Waals surface area contributed by atoms with Crippen LogP contribution in [0.5, 0.6) is 0 Å². The van der Waals surface area contributed by atoms with Crippen molar-refractivity contribution in [1.82, 2.24) is 9.97 Å². The summed E-state index contributed by atoms with van der Waals surface area (Å²) in [6.07, 6.45) is 6.35. The maximum atomic E-state index is 6.24. The Morgan fingerprint density at radius 3 is 2.72 bits per heavy atom. The highest BCUT2D eigenvalue weighted by molar-refractivity contribution is 14.1. The average Bonchev–Trinajstić information content (AvgIpc) is 2.87. The van der Waals surface area contributed by atoms with Gasteiger partial charge in [-0.25, -0.2) is 9.97 Å². The fourth-order valence-corrected chi connectivity index (χ4v) is 3.94. The first kappa shape index (κ1) is 14.9. The van der Waals surface area contributed by atoms with Crippen LogP contribution in [0.25, 0.3) is 0 Å². The Hall–Kier alpha value is 0.450. The molecule has 0 atom stereocenters. The van der Waals surface area contributed by atoms with Crippen LogP contribution in [0.2, 0.25) is 5.15 Å². The van der Waals surface area contributed by atoms with E-state index in [9.17, 15) is 0 Å². The summed E-state index contributed by atoms with van der Waals surface area (Å²) in [7, 11) is 0. The first-order valence-corrected chi connectivity index (χ1v) is 9.13. The van der Waals surface area contributed by atoms with Crippen molar-refractivity contribution in [3.63, 3.8) is 0 Å². The number of rotatable bonds is 5. The number of aromatic nitrogens is 2. The van der Waals surface area contributed by atoms with Crippen LogP contribution in [0.1, 0.15) is 56.5 Å². The zero-order chi connectivity index (χ0) is 13.0. The Morgan fingerprint density at radius 2 is 2.06 bits per heavy atom. The molecule has 1 heterocycles. The van der Waals surface area contributed by atoms with E-state index in [2.05, 4.69) is 34.5 Å². The standard InChI is InChI=1S/C13H18ClIN2S/c1-2-7-18-8-10-16-12(9-5-3-4-6-9)11(15)13(14)17-10/h9H,2-8H2,1H3. The smallest absolute Gasteiger partial charge is 0.146 e. The van der Waals surface area contributed by atoms with Crippen molar-refractivity contribution in [2.75, 3.05) is 5.75 Å². The van der Waals surface area contributed by atoms with Gasteiger partial charge in [0.05, 0.1) is 15.0 Å². The lowest BCUT2D eigenvalue weighted by atomic mass is 10.0. The zero-order valence-corrected chi connectivity index (χ0v) is 14.3. The molecule has 0 aromatic carbocycles. The highest BCUT2D eigenvalue weighted by Gasteiger charge is 2.23. The monoisotopic (exact) mass is 396 g/mol. The molecule has 2 rings (SSSR count). The predicted octanol–water partition coefficient (Wildman–Crippen LogP) is 5.04. The maximum absolute atomic E-state index is 6.24. The first-order chi connectivity index (χ1) is 8.72. The Kier molecular flexibility index (Phi) is 6.01. The lowest BCUT2D eigenvalue weighted by Gasteiger charge is -2.13. The van der Waals surface area contributed by atoms with Crippen LogP contribution in [0, 0.1) is 3.57 Å². The van der Waals surface area contributed by atoms with E-state index in [1.807, 2.05) is 11.8 Å². The molecule has 1 aromatic heterocycles. The largest absolute Gasteiger partial charge is 0.236 e. The average molecular weight is 397 g/mol. The number of thioether (sulfide) groups is 1. The van der Waals surface area contributed by atoms with Gasteiger partial charge in [-0.2, -0.15) is 11.8 Å². The highest BCUT2D eigenvalue weighted by atomic mass is 127. The summed E-state index contributed by atoms with van der Waals surface area (Å²) in [5.41, 5.74) is 1.19. The van der Waals surface area contributed by atoms with E-state index in [4.69, 9.17) is 16.6 Å². The van der Waals surface area contributed by atoms with E-state index in [-0.39, 0.29) is 0 Å². The molecule has 5 heteroatoms. The van der Waals surface area contributed by atoms with Crippen LogP contribution >= 0.6 is 46.0 Å². The summed E-state index contributed by atoms with van der Waals surface area (Å²) < 4.78 is 1.06.